The van der Waals surface area contributed by atoms with E-state index in [1.807, 2.05) is 18.2 Å². The largest absolute Gasteiger partial charge is 0.491 e. The minimum absolute atomic E-state index is 0.616. The van der Waals surface area contributed by atoms with Crippen molar-refractivity contribution in [2.75, 3.05) is 52.5 Å². The van der Waals surface area contributed by atoms with E-state index in [0.29, 0.717) is 13.2 Å². The maximum Gasteiger partial charge on any atom is 0.119 e. The summed E-state index contributed by atoms with van der Waals surface area (Å²) in [7, 11) is 0. The van der Waals surface area contributed by atoms with Crippen LogP contribution in [0.15, 0.2) is 24.3 Å². The maximum atomic E-state index is 5.63. The van der Waals surface area contributed by atoms with E-state index in [1.54, 1.807) is 0 Å². The summed E-state index contributed by atoms with van der Waals surface area (Å²) in [5, 5.41) is 3.35. The Morgan fingerprint density at radius 3 is 2.79 bits per heavy atom. The Labute approximate surface area is 115 Å². The van der Waals surface area contributed by atoms with Crippen LogP contribution in [0.25, 0.3) is 0 Å². The van der Waals surface area contributed by atoms with E-state index in [0.717, 1.165) is 45.1 Å². The molecular weight excluding hydrogens is 240 g/mol. The van der Waals surface area contributed by atoms with E-state index in [4.69, 9.17) is 9.47 Å². The topological polar surface area (TPSA) is 33.7 Å². The molecule has 0 radical (unpaired) electrons. The Morgan fingerprint density at radius 1 is 1.16 bits per heavy atom. The van der Waals surface area contributed by atoms with Gasteiger partial charge >= 0.3 is 0 Å². The molecule has 1 saturated heterocycles. The van der Waals surface area contributed by atoms with E-state index in [1.165, 1.54) is 5.56 Å². The van der Waals surface area contributed by atoms with Crippen molar-refractivity contribution in [1.82, 2.24) is 10.2 Å². The molecule has 0 bridgehead atoms. The molecule has 1 aromatic rings. The summed E-state index contributed by atoms with van der Waals surface area (Å²) >= 11 is 0. The van der Waals surface area contributed by atoms with Gasteiger partial charge in [-0.05, 0) is 24.6 Å². The lowest BCUT2D eigenvalue weighted by Crippen LogP contribution is -2.44. The lowest BCUT2D eigenvalue weighted by Gasteiger charge is -2.26. The summed E-state index contributed by atoms with van der Waals surface area (Å²) in [6, 6.07) is 8.10. The predicted octanol–water partition coefficient (Wildman–Crippen LogP) is 1.30. The smallest absolute Gasteiger partial charge is 0.119 e. The summed E-state index contributed by atoms with van der Waals surface area (Å²) < 4.78 is 11.2. The van der Waals surface area contributed by atoms with Crippen molar-refractivity contribution in [1.29, 1.82) is 0 Å². The van der Waals surface area contributed by atoms with Crippen LogP contribution >= 0.6 is 0 Å². The first-order valence-electron chi connectivity index (χ1n) is 7.05. The molecule has 1 aromatic carbocycles. The van der Waals surface area contributed by atoms with Gasteiger partial charge in [-0.2, -0.15) is 0 Å². The van der Waals surface area contributed by atoms with E-state index in [9.17, 15) is 0 Å². The highest BCUT2D eigenvalue weighted by molar-refractivity contribution is 5.27. The van der Waals surface area contributed by atoms with E-state index in [-0.39, 0.29) is 0 Å². The Morgan fingerprint density at radius 2 is 2.00 bits per heavy atom. The van der Waals surface area contributed by atoms with Crippen LogP contribution in [0.1, 0.15) is 5.56 Å². The molecule has 4 nitrogen and oxygen atoms in total. The van der Waals surface area contributed by atoms with Gasteiger partial charge in [0.2, 0.25) is 0 Å². The summed E-state index contributed by atoms with van der Waals surface area (Å²) in [6.07, 6.45) is 0. The number of rotatable bonds is 7. The van der Waals surface area contributed by atoms with Gasteiger partial charge < -0.3 is 14.8 Å². The first-order chi connectivity index (χ1) is 9.34. The molecule has 0 aliphatic carbocycles. The fourth-order valence-electron chi connectivity index (χ4n) is 2.15. The lowest BCUT2D eigenvalue weighted by molar-refractivity contribution is 0.0767. The van der Waals surface area contributed by atoms with E-state index < -0.39 is 0 Å². The van der Waals surface area contributed by atoms with Crippen molar-refractivity contribution < 1.29 is 9.47 Å². The Bertz CT molecular complexity index is 365. The average molecular weight is 264 g/mol. The molecular formula is C15H24N2O2. The van der Waals surface area contributed by atoms with Gasteiger partial charge in [-0.15, -0.1) is 0 Å². The van der Waals surface area contributed by atoms with Crippen LogP contribution in [0.2, 0.25) is 0 Å². The zero-order chi connectivity index (χ0) is 13.3. The van der Waals surface area contributed by atoms with Crippen LogP contribution in [-0.4, -0.2) is 57.4 Å². The third-order valence-corrected chi connectivity index (χ3v) is 3.25. The maximum absolute atomic E-state index is 5.63. The highest BCUT2D eigenvalue weighted by atomic mass is 16.5. The van der Waals surface area contributed by atoms with Crippen molar-refractivity contribution in [3.63, 3.8) is 0 Å². The minimum atomic E-state index is 0.616. The van der Waals surface area contributed by atoms with Gasteiger partial charge in [-0.1, -0.05) is 12.1 Å². The quantitative estimate of drug-likeness (QED) is 0.753. The Hall–Kier alpha value is -1.10. The SMILES string of the molecule is Cc1cccc(OCCOCCN2CCNCC2)c1. The fourth-order valence-corrected chi connectivity index (χ4v) is 2.15. The zero-order valence-corrected chi connectivity index (χ0v) is 11.7. The van der Waals surface area contributed by atoms with Crippen LogP contribution in [0.4, 0.5) is 0 Å². The third-order valence-electron chi connectivity index (χ3n) is 3.25. The molecule has 0 aromatic heterocycles. The molecule has 1 fully saturated rings. The number of nitrogens with zero attached hydrogens (tertiary/aromatic N) is 1. The van der Waals surface area contributed by atoms with Crippen LogP contribution in [0, 0.1) is 6.92 Å². The molecule has 0 spiro atoms. The average Bonchev–Trinajstić information content (AvgIpc) is 2.44. The molecule has 1 N–H and O–H groups in total. The highest BCUT2D eigenvalue weighted by Crippen LogP contribution is 2.11. The predicted molar refractivity (Wildman–Crippen MR) is 76.8 cm³/mol. The van der Waals surface area contributed by atoms with Crippen LogP contribution < -0.4 is 10.1 Å². The summed E-state index contributed by atoms with van der Waals surface area (Å²) in [5.74, 6) is 0.922. The van der Waals surface area contributed by atoms with Gasteiger partial charge in [0.15, 0.2) is 0 Å². The normalized spacial score (nSPS) is 16.5. The number of hydrogen-bond donors (Lipinski definition) is 1. The van der Waals surface area contributed by atoms with Gasteiger partial charge in [0, 0.05) is 32.7 Å². The number of benzene rings is 1. The van der Waals surface area contributed by atoms with Crippen molar-refractivity contribution in [2.24, 2.45) is 0 Å². The second-order valence-electron chi connectivity index (χ2n) is 4.87. The van der Waals surface area contributed by atoms with Crippen LogP contribution in [0.3, 0.4) is 0 Å². The number of hydrogen-bond acceptors (Lipinski definition) is 4. The monoisotopic (exact) mass is 264 g/mol. The summed E-state index contributed by atoms with van der Waals surface area (Å²) in [4.78, 5) is 2.43. The number of nitrogens with one attached hydrogen (secondary N) is 1. The van der Waals surface area contributed by atoms with Crippen molar-refractivity contribution >= 4 is 0 Å². The minimum Gasteiger partial charge on any atom is -0.491 e. The summed E-state index contributed by atoms with van der Waals surface area (Å²) in [5.41, 5.74) is 1.22. The molecule has 19 heavy (non-hydrogen) atoms. The van der Waals surface area contributed by atoms with Crippen molar-refractivity contribution in [2.45, 2.75) is 6.92 Å². The van der Waals surface area contributed by atoms with Crippen LogP contribution in [0.5, 0.6) is 5.75 Å². The Kier molecular flexibility index (Phi) is 6.14. The van der Waals surface area contributed by atoms with Gasteiger partial charge in [-0.3, -0.25) is 4.90 Å². The molecule has 106 valence electrons. The first-order valence-corrected chi connectivity index (χ1v) is 7.05. The molecule has 0 atom stereocenters. The van der Waals surface area contributed by atoms with Crippen LogP contribution in [-0.2, 0) is 4.74 Å². The third kappa shape index (κ3) is 5.59. The molecule has 0 saturated carbocycles. The van der Waals surface area contributed by atoms with Gasteiger partial charge in [-0.25, -0.2) is 0 Å². The Balaban J connectivity index is 1.50. The van der Waals surface area contributed by atoms with E-state index in [2.05, 4.69) is 23.2 Å². The molecule has 1 heterocycles. The molecule has 0 amide bonds. The molecule has 0 unspecified atom stereocenters. The molecule has 2 rings (SSSR count). The van der Waals surface area contributed by atoms with Gasteiger partial charge in [0.05, 0.1) is 13.2 Å². The molecule has 1 aliphatic rings. The zero-order valence-electron chi connectivity index (χ0n) is 11.7. The second-order valence-corrected chi connectivity index (χ2v) is 4.87. The standard InChI is InChI=1S/C15H24N2O2/c1-14-3-2-4-15(13-14)19-12-11-18-10-9-17-7-5-16-6-8-17/h2-4,13,16H,5-12H2,1H3. The van der Waals surface area contributed by atoms with Crippen molar-refractivity contribution in [3.8, 4) is 5.75 Å². The number of ether oxygens (including phenoxy) is 2. The first kappa shape index (κ1) is 14.3. The summed E-state index contributed by atoms with van der Waals surface area (Å²) in [6.45, 7) is 9.59. The lowest BCUT2D eigenvalue weighted by atomic mass is 10.2. The van der Waals surface area contributed by atoms with E-state index >= 15 is 0 Å². The number of aryl methyl sites for hydroxylation is 1. The molecule has 1 aliphatic heterocycles. The molecule has 4 heteroatoms. The van der Waals surface area contributed by atoms with Gasteiger partial charge in [0.25, 0.3) is 0 Å². The van der Waals surface area contributed by atoms with Crippen molar-refractivity contribution in [3.05, 3.63) is 29.8 Å². The fraction of sp³-hybridized carbons (Fsp3) is 0.600. The second kappa shape index (κ2) is 8.15. The number of piperazine rings is 1. The highest BCUT2D eigenvalue weighted by Gasteiger charge is 2.08. The van der Waals surface area contributed by atoms with Gasteiger partial charge in [0.1, 0.15) is 12.4 Å².